The first kappa shape index (κ1) is 17.1. The Morgan fingerprint density at radius 1 is 1.50 bits per heavy atom. The summed E-state index contributed by atoms with van der Waals surface area (Å²) in [5, 5.41) is 0. The molecule has 1 fully saturated rings. The Morgan fingerprint density at radius 3 is 2.85 bits per heavy atom. The number of aliphatic imine (C=N–C) groups is 1. The number of aromatic nitrogens is 2. The minimum Gasteiger partial charge on any atom is -0.375 e. The molecule has 6 nitrogen and oxygen atoms in total. The lowest BCUT2D eigenvalue weighted by Gasteiger charge is -2.31. The topological polar surface area (TPSA) is 76.6 Å². The van der Waals surface area contributed by atoms with E-state index in [1.54, 1.807) is 0 Å². The first-order valence-corrected chi connectivity index (χ1v) is 6.59. The highest BCUT2D eigenvalue weighted by molar-refractivity contribution is 14.0. The summed E-state index contributed by atoms with van der Waals surface area (Å²) >= 11 is 0. The molecule has 1 saturated heterocycles. The normalized spacial score (nSPS) is 19.6. The Balaban J connectivity index is 0.00000200. The number of aryl methyl sites for hydroxylation is 1. The molecular formula is C13H22IN5O. The van der Waals surface area contributed by atoms with Gasteiger partial charge in [0.1, 0.15) is 5.82 Å². The van der Waals surface area contributed by atoms with E-state index < -0.39 is 0 Å². The fourth-order valence-corrected chi connectivity index (χ4v) is 1.95. The highest BCUT2D eigenvalue weighted by atomic mass is 127. The van der Waals surface area contributed by atoms with E-state index in [9.17, 15) is 0 Å². The van der Waals surface area contributed by atoms with Crippen LogP contribution in [0.1, 0.15) is 18.3 Å². The number of halogens is 1. The Hall–Kier alpha value is -0.960. The van der Waals surface area contributed by atoms with Crippen molar-refractivity contribution in [3.05, 3.63) is 23.8 Å². The number of nitrogens with zero attached hydrogens (tertiary/aromatic N) is 4. The second kappa shape index (κ2) is 8.35. The standard InChI is InChI=1S/C13H21N5O.HI/c1-10-7-16-12(17-8-10)3-4-15-13(14)18-5-6-19-11(2)9-18;/h7-8,11H,3-6,9H2,1-2H3,(H2,14,15);1H. The summed E-state index contributed by atoms with van der Waals surface area (Å²) in [5.74, 6) is 1.39. The van der Waals surface area contributed by atoms with Crippen molar-refractivity contribution in [1.82, 2.24) is 14.9 Å². The summed E-state index contributed by atoms with van der Waals surface area (Å²) < 4.78 is 5.47. The van der Waals surface area contributed by atoms with Gasteiger partial charge in [-0.2, -0.15) is 0 Å². The molecule has 1 aromatic heterocycles. The quantitative estimate of drug-likeness (QED) is 0.472. The molecule has 0 amide bonds. The van der Waals surface area contributed by atoms with Crippen LogP contribution in [0.4, 0.5) is 0 Å². The van der Waals surface area contributed by atoms with Crippen LogP contribution in [-0.4, -0.2) is 53.2 Å². The zero-order valence-corrected chi connectivity index (χ0v) is 14.3. The average Bonchev–Trinajstić information content (AvgIpc) is 2.41. The van der Waals surface area contributed by atoms with Crippen molar-refractivity contribution in [3.8, 4) is 0 Å². The predicted octanol–water partition coefficient (Wildman–Crippen LogP) is 0.981. The van der Waals surface area contributed by atoms with Gasteiger partial charge in [0.2, 0.25) is 0 Å². The summed E-state index contributed by atoms with van der Waals surface area (Å²) in [6, 6.07) is 0. The van der Waals surface area contributed by atoms with E-state index in [1.807, 2.05) is 26.2 Å². The van der Waals surface area contributed by atoms with Gasteiger partial charge in [0.15, 0.2) is 5.96 Å². The molecule has 20 heavy (non-hydrogen) atoms. The van der Waals surface area contributed by atoms with Crippen LogP contribution in [0.3, 0.4) is 0 Å². The fraction of sp³-hybridized carbons (Fsp3) is 0.615. The molecule has 2 rings (SSSR count). The maximum atomic E-state index is 5.98. The van der Waals surface area contributed by atoms with Gasteiger partial charge in [-0.05, 0) is 19.4 Å². The number of hydrogen-bond donors (Lipinski definition) is 1. The summed E-state index contributed by atoms with van der Waals surface area (Å²) in [5.41, 5.74) is 7.04. The van der Waals surface area contributed by atoms with E-state index in [0.717, 1.165) is 24.5 Å². The van der Waals surface area contributed by atoms with Crippen molar-refractivity contribution >= 4 is 29.9 Å². The highest BCUT2D eigenvalue weighted by Gasteiger charge is 2.17. The Morgan fingerprint density at radius 2 is 2.20 bits per heavy atom. The van der Waals surface area contributed by atoms with E-state index in [4.69, 9.17) is 10.5 Å². The maximum absolute atomic E-state index is 5.98. The molecule has 0 bridgehead atoms. The minimum absolute atomic E-state index is 0. The lowest BCUT2D eigenvalue weighted by molar-refractivity contribution is 0.00530. The van der Waals surface area contributed by atoms with Crippen LogP contribution in [-0.2, 0) is 11.2 Å². The lowest BCUT2D eigenvalue weighted by atomic mass is 10.3. The molecule has 112 valence electrons. The highest BCUT2D eigenvalue weighted by Crippen LogP contribution is 2.03. The SMILES string of the molecule is Cc1cnc(CCN=C(N)N2CCOC(C)C2)nc1.I. The van der Waals surface area contributed by atoms with Crippen LogP contribution in [0.5, 0.6) is 0 Å². The predicted molar refractivity (Wildman–Crippen MR) is 89.4 cm³/mol. The van der Waals surface area contributed by atoms with Crippen molar-refractivity contribution < 1.29 is 4.74 Å². The maximum Gasteiger partial charge on any atom is 0.191 e. The van der Waals surface area contributed by atoms with Crippen LogP contribution in [0, 0.1) is 6.92 Å². The summed E-state index contributed by atoms with van der Waals surface area (Å²) in [6.07, 6.45) is 4.56. The smallest absolute Gasteiger partial charge is 0.191 e. The van der Waals surface area contributed by atoms with Gasteiger partial charge >= 0.3 is 0 Å². The second-order valence-corrected chi connectivity index (χ2v) is 4.79. The lowest BCUT2D eigenvalue weighted by Crippen LogP contribution is -2.47. The van der Waals surface area contributed by atoms with Crippen molar-refractivity contribution in [2.45, 2.75) is 26.4 Å². The summed E-state index contributed by atoms with van der Waals surface area (Å²) in [7, 11) is 0. The number of morpholine rings is 1. The second-order valence-electron chi connectivity index (χ2n) is 4.79. The zero-order valence-electron chi connectivity index (χ0n) is 12.0. The molecule has 7 heteroatoms. The third kappa shape index (κ3) is 5.20. The van der Waals surface area contributed by atoms with E-state index in [2.05, 4.69) is 19.9 Å². The number of guanidine groups is 1. The molecule has 2 heterocycles. The fourth-order valence-electron chi connectivity index (χ4n) is 1.95. The Kier molecular flexibility index (Phi) is 7.14. The zero-order chi connectivity index (χ0) is 13.7. The van der Waals surface area contributed by atoms with Crippen LogP contribution < -0.4 is 5.73 Å². The summed E-state index contributed by atoms with van der Waals surface area (Å²) in [6.45, 7) is 6.94. The van der Waals surface area contributed by atoms with E-state index >= 15 is 0 Å². The average molecular weight is 391 g/mol. The molecule has 0 radical (unpaired) electrons. The molecule has 1 unspecified atom stereocenters. The number of ether oxygens (including phenoxy) is 1. The largest absolute Gasteiger partial charge is 0.375 e. The molecule has 0 saturated carbocycles. The molecule has 0 aromatic carbocycles. The van der Waals surface area contributed by atoms with Crippen LogP contribution >= 0.6 is 24.0 Å². The molecule has 1 aromatic rings. The van der Waals surface area contributed by atoms with Crippen LogP contribution in [0.15, 0.2) is 17.4 Å². The molecule has 1 aliphatic heterocycles. The van der Waals surface area contributed by atoms with E-state index in [1.165, 1.54) is 0 Å². The van der Waals surface area contributed by atoms with Gasteiger partial charge in [0.05, 0.1) is 12.7 Å². The molecular weight excluding hydrogens is 369 g/mol. The van der Waals surface area contributed by atoms with Gasteiger partial charge in [-0.15, -0.1) is 24.0 Å². The monoisotopic (exact) mass is 391 g/mol. The number of nitrogens with two attached hydrogens (primary N) is 1. The van der Waals surface area contributed by atoms with Gasteiger partial charge in [-0.25, -0.2) is 9.97 Å². The van der Waals surface area contributed by atoms with Crippen molar-refractivity contribution in [2.75, 3.05) is 26.2 Å². The van der Waals surface area contributed by atoms with Gasteiger partial charge < -0.3 is 15.4 Å². The molecule has 1 atom stereocenters. The molecule has 2 N–H and O–H groups in total. The first-order chi connectivity index (χ1) is 9.15. The van der Waals surface area contributed by atoms with Gasteiger partial charge in [0.25, 0.3) is 0 Å². The van der Waals surface area contributed by atoms with E-state index in [-0.39, 0.29) is 30.1 Å². The van der Waals surface area contributed by atoms with Crippen LogP contribution in [0.2, 0.25) is 0 Å². The minimum atomic E-state index is 0. The van der Waals surface area contributed by atoms with Crippen molar-refractivity contribution in [3.63, 3.8) is 0 Å². The van der Waals surface area contributed by atoms with Gasteiger partial charge in [0, 0.05) is 38.4 Å². The third-order valence-corrected chi connectivity index (χ3v) is 3.01. The van der Waals surface area contributed by atoms with Gasteiger partial charge in [-0.3, -0.25) is 4.99 Å². The molecule has 0 aliphatic carbocycles. The molecule has 0 spiro atoms. The Labute approximate surface area is 136 Å². The number of hydrogen-bond acceptors (Lipinski definition) is 4. The first-order valence-electron chi connectivity index (χ1n) is 6.59. The Bertz CT molecular complexity index is 437. The number of rotatable bonds is 3. The third-order valence-electron chi connectivity index (χ3n) is 3.01. The van der Waals surface area contributed by atoms with Gasteiger partial charge in [-0.1, -0.05) is 0 Å². The molecule has 1 aliphatic rings. The van der Waals surface area contributed by atoms with Crippen molar-refractivity contribution in [1.29, 1.82) is 0 Å². The van der Waals surface area contributed by atoms with Crippen molar-refractivity contribution in [2.24, 2.45) is 10.7 Å². The summed E-state index contributed by atoms with van der Waals surface area (Å²) in [4.78, 5) is 14.9. The van der Waals surface area contributed by atoms with E-state index in [0.29, 0.717) is 25.5 Å². The van der Waals surface area contributed by atoms with Crippen LogP contribution in [0.25, 0.3) is 0 Å².